The molecule has 0 bridgehead atoms. The lowest BCUT2D eigenvalue weighted by molar-refractivity contribution is 0.101. The van der Waals surface area contributed by atoms with Crippen LogP contribution in [0.15, 0.2) is 17.5 Å². The van der Waals surface area contributed by atoms with Crippen molar-refractivity contribution in [2.45, 2.75) is 32.5 Å². The van der Waals surface area contributed by atoms with Crippen LogP contribution in [-0.2, 0) is 4.84 Å². The summed E-state index contributed by atoms with van der Waals surface area (Å²) in [6.45, 7) is 6.46. The van der Waals surface area contributed by atoms with Crippen molar-refractivity contribution in [3.63, 3.8) is 0 Å². The Labute approximate surface area is 76.7 Å². The van der Waals surface area contributed by atoms with Crippen LogP contribution in [0.3, 0.4) is 0 Å². The fraction of sp³-hybridized carbons (Fsp3) is 0.556. The number of thiophene rings is 1. The molecule has 0 radical (unpaired) electrons. The van der Waals surface area contributed by atoms with Crippen molar-refractivity contribution in [2.75, 3.05) is 0 Å². The Morgan fingerprint density at radius 2 is 2.25 bits per heavy atom. The molecule has 0 amide bonds. The SMILES string of the molecule is CC(C)(C)N1O[C@H]1c1cccs1. The van der Waals surface area contributed by atoms with E-state index in [0.29, 0.717) is 0 Å². The van der Waals surface area contributed by atoms with Crippen molar-refractivity contribution in [3.05, 3.63) is 22.4 Å². The first-order valence-electron chi connectivity index (χ1n) is 4.08. The highest BCUT2D eigenvalue weighted by molar-refractivity contribution is 7.10. The van der Waals surface area contributed by atoms with Crippen LogP contribution in [0.5, 0.6) is 0 Å². The summed E-state index contributed by atoms with van der Waals surface area (Å²) in [4.78, 5) is 6.77. The summed E-state index contributed by atoms with van der Waals surface area (Å²) in [6.07, 6.45) is 0.213. The highest BCUT2D eigenvalue weighted by Crippen LogP contribution is 2.44. The number of hydroxylamine groups is 2. The quantitative estimate of drug-likeness (QED) is 0.622. The first-order valence-corrected chi connectivity index (χ1v) is 4.96. The second-order valence-corrected chi connectivity index (χ2v) is 4.95. The molecule has 1 unspecified atom stereocenters. The van der Waals surface area contributed by atoms with Gasteiger partial charge in [-0.05, 0) is 32.2 Å². The van der Waals surface area contributed by atoms with Crippen molar-refractivity contribution in [1.82, 2.24) is 5.06 Å². The van der Waals surface area contributed by atoms with Crippen LogP contribution in [0.2, 0.25) is 0 Å². The molecule has 2 nitrogen and oxygen atoms in total. The van der Waals surface area contributed by atoms with Gasteiger partial charge >= 0.3 is 0 Å². The van der Waals surface area contributed by atoms with E-state index in [2.05, 4.69) is 38.3 Å². The zero-order chi connectivity index (χ0) is 8.77. The van der Waals surface area contributed by atoms with Crippen LogP contribution < -0.4 is 0 Å². The molecule has 12 heavy (non-hydrogen) atoms. The second-order valence-electron chi connectivity index (χ2n) is 3.97. The third-order valence-corrected chi connectivity index (χ3v) is 2.73. The average Bonchev–Trinajstić information content (AvgIpc) is 2.60. The molecule has 1 fully saturated rings. The van der Waals surface area contributed by atoms with Gasteiger partial charge in [-0.15, -0.1) is 16.4 Å². The lowest BCUT2D eigenvalue weighted by atomic mass is 10.1. The van der Waals surface area contributed by atoms with E-state index in [4.69, 9.17) is 4.84 Å². The van der Waals surface area contributed by atoms with Gasteiger partial charge in [-0.3, -0.25) is 4.84 Å². The molecule has 1 saturated heterocycles. The van der Waals surface area contributed by atoms with Crippen molar-refractivity contribution in [3.8, 4) is 0 Å². The third-order valence-electron chi connectivity index (χ3n) is 1.83. The number of nitrogens with zero attached hydrogens (tertiary/aromatic N) is 1. The highest BCUT2D eigenvalue weighted by atomic mass is 32.1. The summed E-state index contributed by atoms with van der Waals surface area (Å²) >= 11 is 1.75. The number of rotatable bonds is 1. The highest BCUT2D eigenvalue weighted by Gasteiger charge is 2.46. The zero-order valence-corrected chi connectivity index (χ0v) is 8.39. The normalized spacial score (nSPS) is 28.9. The third kappa shape index (κ3) is 1.40. The van der Waals surface area contributed by atoms with E-state index in [1.165, 1.54) is 4.88 Å². The van der Waals surface area contributed by atoms with Crippen molar-refractivity contribution in [2.24, 2.45) is 0 Å². The van der Waals surface area contributed by atoms with Gasteiger partial charge in [-0.1, -0.05) is 6.07 Å². The van der Waals surface area contributed by atoms with E-state index in [1.807, 2.05) is 5.06 Å². The summed E-state index contributed by atoms with van der Waals surface area (Å²) in [5, 5.41) is 4.11. The summed E-state index contributed by atoms with van der Waals surface area (Å²) in [5.74, 6) is 0. The summed E-state index contributed by atoms with van der Waals surface area (Å²) in [7, 11) is 0. The molecule has 0 spiro atoms. The van der Waals surface area contributed by atoms with Gasteiger partial charge in [0.2, 0.25) is 0 Å². The maximum absolute atomic E-state index is 5.47. The van der Waals surface area contributed by atoms with Crippen LogP contribution >= 0.6 is 11.3 Å². The van der Waals surface area contributed by atoms with Crippen LogP contribution in [0.4, 0.5) is 0 Å². The maximum atomic E-state index is 5.47. The number of hydrogen-bond acceptors (Lipinski definition) is 3. The van der Waals surface area contributed by atoms with Gasteiger partial charge in [-0.2, -0.15) is 0 Å². The zero-order valence-electron chi connectivity index (χ0n) is 7.57. The van der Waals surface area contributed by atoms with Crippen molar-refractivity contribution < 1.29 is 4.84 Å². The van der Waals surface area contributed by atoms with Gasteiger partial charge in [0.15, 0.2) is 6.23 Å². The van der Waals surface area contributed by atoms with Gasteiger partial charge in [0.1, 0.15) is 0 Å². The molecule has 0 N–H and O–H groups in total. The monoisotopic (exact) mass is 183 g/mol. The Kier molecular flexibility index (Phi) is 1.75. The van der Waals surface area contributed by atoms with Crippen LogP contribution in [0, 0.1) is 0 Å². The fourth-order valence-corrected chi connectivity index (χ4v) is 1.92. The second kappa shape index (κ2) is 2.55. The minimum absolute atomic E-state index is 0.120. The molecule has 1 aromatic rings. The summed E-state index contributed by atoms with van der Waals surface area (Å²) in [6, 6.07) is 4.17. The first kappa shape index (κ1) is 8.23. The predicted molar refractivity (Wildman–Crippen MR) is 49.7 cm³/mol. The Hall–Kier alpha value is -0.380. The number of hydrogen-bond donors (Lipinski definition) is 0. The summed E-state index contributed by atoms with van der Waals surface area (Å²) < 4.78 is 0. The molecule has 0 saturated carbocycles. The predicted octanol–water partition coefficient (Wildman–Crippen LogP) is 2.79. The minimum Gasteiger partial charge on any atom is -0.268 e. The van der Waals surface area contributed by atoms with Crippen LogP contribution in [0.25, 0.3) is 0 Å². The summed E-state index contributed by atoms with van der Waals surface area (Å²) in [5.41, 5.74) is 0.120. The Bertz CT molecular complexity index is 263. The lowest BCUT2D eigenvalue weighted by Crippen LogP contribution is -2.25. The van der Waals surface area contributed by atoms with E-state index in [0.717, 1.165) is 0 Å². The van der Waals surface area contributed by atoms with E-state index in [1.54, 1.807) is 11.3 Å². The van der Waals surface area contributed by atoms with E-state index < -0.39 is 0 Å². The lowest BCUT2D eigenvalue weighted by Gasteiger charge is -2.16. The molecule has 0 aromatic carbocycles. The molecule has 1 aromatic heterocycles. The first-order chi connectivity index (χ1) is 5.59. The maximum Gasteiger partial charge on any atom is 0.189 e. The molecule has 66 valence electrons. The van der Waals surface area contributed by atoms with E-state index >= 15 is 0 Å². The fourth-order valence-electron chi connectivity index (χ4n) is 1.19. The van der Waals surface area contributed by atoms with Crippen molar-refractivity contribution in [1.29, 1.82) is 0 Å². The van der Waals surface area contributed by atoms with Crippen LogP contribution in [-0.4, -0.2) is 10.6 Å². The Morgan fingerprint density at radius 3 is 2.67 bits per heavy atom. The molecule has 1 aliphatic heterocycles. The molecule has 3 heteroatoms. The Morgan fingerprint density at radius 1 is 1.50 bits per heavy atom. The van der Waals surface area contributed by atoms with Gasteiger partial charge < -0.3 is 0 Å². The minimum atomic E-state index is 0.120. The molecule has 1 aliphatic rings. The largest absolute Gasteiger partial charge is 0.268 e. The smallest absolute Gasteiger partial charge is 0.189 e. The van der Waals surface area contributed by atoms with E-state index in [-0.39, 0.29) is 11.8 Å². The van der Waals surface area contributed by atoms with Crippen molar-refractivity contribution >= 4 is 11.3 Å². The molecule has 2 rings (SSSR count). The molecular formula is C9H13NOS. The Balaban J connectivity index is 2.06. The molecule has 0 aliphatic carbocycles. The van der Waals surface area contributed by atoms with E-state index in [9.17, 15) is 0 Å². The molecule has 2 heterocycles. The van der Waals surface area contributed by atoms with Gasteiger partial charge in [0.05, 0.1) is 4.88 Å². The topological polar surface area (TPSA) is 15.5 Å². The van der Waals surface area contributed by atoms with Gasteiger partial charge in [0.25, 0.3) is 0 Å². The molecule has 2 atom stereocenters. The standard InChI is InChI=1S/C9H13NOS/c1-9(2,3)10-8(11-10)7-5-4-6-12-7/h4-6,8H,1-3H3/t8-,10?/m0/s1. The average molecular weight is 183 g/mol. The molecular weight excluding hydrogens is 170 g/mol. The van der Waals surface area contributed by atoms with Gasteiger partial charge in [0, 0.05) is 5.54 Å². The van der Waals surface area contributed by atoms with Crippen LogP contribution in [0.1, 0.15) is 31.9 Å². The van der Waals surface area contributed by atoms with Gasteiger partial charge in [-0.25, -0.2) is 0 Å².